The molecule has 0 bridgehead atoms. The van der Waals surface area contributed by atoms with E-state index in [1.807, 2.05) is 38.4 Å². The largest absolute Gasteiger partial charge is 0.282 e. The molecule has 130 valence electrons. The lowest BCUT2D eigenvalue weighted by molar-refractivity contribution is 0.370. The van der Waals surface area contributed by atoms with Gasteiger partial charge in [0.15, 0.2) is 11.2 Å². The van der Waals surface area contributed by atoms with E-state index in [4.69, 9.17) is 11.6 Å². The van der Waals surface area contributed by atoms with Gasteiger partial charge in [0.05, 0.1) is 5.69 Å². The summed E-state index contributed by atoms with van der Waals surface area (Å²) in [5.74, 6) is 0.490. The fourth-order valence-corrected chi connectivity index (χ4v) is 3.94. The number of nitrogens with zero attached hydrogens (tertiary/aromatic N) is 2. The molecule has 2 N–H and O–H groups in total. The molecule has 1 saturated carbocycles. The van der Waals surface area contributed by atoms with Crippen molar-refractivity contribution in [2.24, 2.45) is 0 Å². The molecule has 1 atom stereocenters. The van der Waals surface area contributed by atoms with Crippen LogP contribution in [0.5, 0.6) is 0 Å². The summed E-state index contributed by atoms with van der Waals surface area (Å²) in [7, 11) is 3.63. The fourth-order valence-electron chi connectivity index (χ4n) is 3.08. The van der Waals surface area contributed by atoms with Crippen LogP contribution in [0.15, 0.2) is 30.3 Å². The third kappa shape index (κ3) is 4.25. The van der Waals surface area contributed by atoms with Crippen LogP contribution < -0.4 is 4.72 Å². The summed E-state index contributed by atoms with van der Waals surface area (Å²) in [6.45, 7) is 0. The monoisotopic (exact) mass is 366 g/mol. The standard InChI is InChI=1S/C17H23ClN4OS/c1-22(2)24(23)21-15-9-5-13(6-10-15)17-11-16(19-20-17)12-3-7-14(18)8-4-12/h3-4,7-8,11,13,15,21H,5-6,9-10H2,1-2H3,(H,19,20). The number of aromatic nitrogens is 2. The van der Waals surface area contributed by atoms with Crippen LogP contribution in [0.25, 0.3) is 11.3 Å². The zero-order valence-electron chi connectivity index (χ0n) is 14.0. The molecular formula is C17H23ClN4OS. The third-order valence-corrected chi connectivity index (χ3v) is 5.95. The van der Waals surface area contributed by atoms with Crippen molar-refractivity contribution in [1.29, 1.82) is 0 Å². The van der Waals surface area contributed by atoms with Crippen molar-refractivity contribution in [3.05, 3.63) is 41.0 Å². The molecule has 3 rings (SSSR count). The Morgan fingerprint density at radius 2 is 1.88 bits per heavy atom. The minimum atomic E-state index is -1.10. The second-order valence-corrected chi connectivity index (χ2v) is 8.34. The Hall–Kier alpha value is -1.21. The number of hydrogen-bond acceptors (Lipinski definition) is 2. The highest BCUT2D eigenvalue weighted by Crippen LogP contribution is 2.33. The van der Waals surface area contributed by atoms with Crippen molar-refractivity contribution < 1.29 is 4.21 Å². The molecule has 0 aliphatic heterocycles. The summed E-state index contributed by atoms with van der Waals surface area (Å²) in [5, 5.41) is 8.37. The van der Waals surface area contributed by atoms with Gasteiger partial charge in [-0.1, -0.05) is 23.7 Å². The summed E-state index contributed by atoms with van der Waals surface area (Å²) in [5.41, 5.74) is 3.21. The Morgan fingerprint density at radius 1 is 1.21 bits per heavy atom. The van der Waals surface area contributed by atoms with Gasteiger partial charge in [0, 0.05) is 42.3 Å². The molecule has 1 heterocycles. The van der Waals surface area contributed by atoms with Crippen LogP contribution in [0, 0.1) is 0 Å². The maximum Gasteiger partial charge on any atom is 0.169 e. The first-order chi connectivity index (χ1) is 11.5. The quantitative estimate of drug-likeness (QED) is 0.850. The molecule has 1 unspecified atom stereocenters. The first kappa shape index (κ1) is 17.6. The lowest BCUT2D eigenvalue weighted by Crippen LogP contribution is -2.39. The van der Waals surface area contributed by atoms with Crippen molar-refractivity contribution >= 4 is 22.8 Å². The SMILES string of the molecule is CN(C)S(=O)NC1CCC(c2cc(-c3ccc(Cl)cc3)n[nH]2)CC1. The lowest BCUT2D eigenvalue weighted by Gasteiger charge is -2.28. The second kappa shape index (κ2) is 7.78. The Morgan fingerprint density at radius 3 is 2.50 bits per heavy atom. The summed E-state index contributed by atoms with van der Waals surface area (Å²) in [6.07, 6.45) is 4.20. The minimum Gasteiger partial charge on any atom is -0.282 e. The first-order valence-corrected chi connectivity index (χ1v) is 9.68. The van der Waals surface area contributed by atoms with Crippen LogP contribution in [0.3, 0.4) is 0 Å². The van der Waals surface area contributed by atoms with Crippen LogP contribution in [0.2, 0.25) is 5.02 Å². The number of rotatable bonds is 5. The molecule has 24 heavy (non-hydrogen) atoms. The summed E-state index contributed by atoms with van der Waals surface area (Å²) in [4.78, 5) is 0. The molecule has 0 radical (unpaired) electrons. The topological polar surface area (TPSA) is 61.0 Å². The van der Waals surface area contributed by atoms with E-state index in [0.717, 1.165) is 42.0 Å². The van der Waals surface area contributed by atoms with E-state index in [1.54, 1.807) is 4.31 Å². The van der Waals surface area contributed by atoms with Gasteiger partial charge in [-0.15, -0.1) is 0 Å². The van der Waals surface area contributed by atoms with E-state index in [1.165, 1.54) is 5.69 Å². The minimum absolute atomic E-state index is 0.322. The van der Waals surface area contributed by atoms with Gasteiger partial charge in [0.2, 0.25) is 0 Å². The predicted molar refractivity (Wildman–Crippen MR) is 99.0 cm³/mol. The molecular weight excluding hydrogens is 344 g/mol. The number of aromatic amines is 1. The number of halogens is 1. The fraction of sp³-hybridized carbons (Fsp3) is 0.471. The van der Waals surface area contributed by atoms with Gasteiger partial charge >= 0.3 is 0 Å². The first-order valence-electron chi connectivity index (χ1n) is 8.19. The molecule has 1 aliphatic rings. The van der Waals surface area contributed by atoms with E-state index < -0.39 is 11.2 Å². The van der Waals surface area contributed by atoms with Gasteiger partial charge in [-0.25, -0.2) is 13.2 Å². The molecule has 7 heteroatoms. The van der Waals surface area contributed by atoms with Crippen LogP contribution in [0.1, 0.15) is 37.3 Å². The van der Waals surface area contributed by atoms with Gasteiger partial charge in [-0.05, 0) is 43.9 Å². The van der Waals surface area contributed by atoms with Crippen LogP contribution in [-0.4, -0.2) is 38.8 Å². The number of H-pyrrole nitrogens is 1. The number of nitrogens with one attached hydrogen (secondary N) is 2. The molecule has 1 aromatic heterocycles. The Balaban J connectivity index is 1.59. The van der Waals surface area contributed by atoms with Crippen LogP contribution in [-0.2, 0) is 11.2 Å². The van der Waals surface area contributed by atoms with E-state index in [2.05, 4.69) is 21.0 Å². The van der Waals surface area contributed by atoms with E-state index in [0.29, 0.717) is 12.0 Å². The van der Waals surface area contributed by atoms with Crippen molar-refractivity contribution in [3.8, 4) is 11.3 Å². The predicted octanol–water partition coefficient (Wildman–Crippen LogP) is 3.49. The maximum absolute atomic E-state index is 11.8. The average Bonchev–Trinajstić information content (AvgIpc) is 3.06. The van der Waals surface area contributed by atoms with Crippen molar-refractivity contribution in [3.63, 3.8) is 0 Å². The molecule has 5 nitrogen and oxygen atoms in total. The molecule has 1 fully saturated rings. The zero-order chi connectivity index (χ0) is 17.1. The summed E-state index contributed by atoms with van der Waals surface area (Å²) >= 11 is 4.84. The van der Waals surface area contributed by atoms with Gasteiger partial charge in [0.1, 0.15) is 0 Å². The van der Waals surface area contributed by atoms with Crippen molar-refractivity contribution in [2.45, 2.75) is 37.6 Å². The van der Waals surface area contributed by atoms with Gasteiger partial charge < -0.3 is 0 Å². The summed E-state index contributed by atoms with van der Waals surface area (Å²) in [6, 6.07) is 10.2. The van der Waals surface area contributed by atoms with Crippen molar-refractivity contribution in [1.82, 2.24) is 19.2 Å². The smallest absolute Gasteiger partial charge is 0.169 e. The second-order valence-electron chi connectivity index (χ2n) is 6.44. The van der Waals surface area contributed by atoms with Gasteiger partial charge in [0.25, 0.3) is 0 Å². The van der Waals surface area contributed by atoms with Crippen molar-refractivity contribution in [2.75, 3.05) is 14.1 Å². The molecule has 1 aliphatic carbocycles. The molecule has 2 aromatic rings. The normalized spacial score (nSPS) is 22.7. The highest BCUT2D eigenvalue weighted by molar-refractivity contribution is 7.80. The van der Waals surface area contributed by atoms with E-state index in [-0.39, 0.29) is 0 Å². The molecule has 0 amide bonds. The highest BCUT2D eigenvalue weighted by Gasteiger charge is 2.25. The Kier molecular flexibility index (Phi) is 5.71. The Bertz CT molecular complexity index is 693. The molecule has 0 spiro atoms. The Labute approximate surface area is 150 Å². The number of benzene rings is 1. The van der Waals surface area contributed by atoms with E-state index in [9.17, 15) is 4.21 Å². The average molecular weight is 367 g/mol. The van der Waals surface area contributed by atoms with Crippen LogP contribution in [0.4, 0.5) is 0 Å². The summed E-state index contributed by atoms with van der Waals surface area (Å²) < 4.78 is 16.7. The zero-order valence-corrected chi connectivity index (χ0v) is 15.5. The third-order valence-electron chi connectivity index (χ3n) is 4.50. The van der Waals surface area contributed by atoms with E-state index >= 15 is 0 Å². The lowest BCUT2D eigenvalue weighted by atomic mass is 9.84. The highest BCUT2D eigenvalue weighted by atomic mass is 35.5. The van der Waals surface area contributed by atoms with Gasteiger partial charge in [-0.2, -0.15) is 5.10 Å². The van der Waals surface area contributed by atoms with Crippen LogP contribution >= 0.6 is 11.6 Å². The maximum atomic E-state index is 11.8. The number of hydrogen-bond donors (Lipinski definition) is 2. The van der Waals surface area contributed by atoms with Gasteiger partial charge in [-0.3, -0.25) is 5.10 Å². The molecule has 1 aromatic carbocycles. The molecule has 0 saturated heterocycles.